The van der Waals surface area contributed by atoms with Crippen LogP contribution in [-0.2, 0) is 9.47 Å². The Morgan fingerprint density at radius 2 is 2.27 bits per heavy atom. The third-order valence-electron chi connectivity index (χ3n) is 2.79. The van der Waals surface area contributed by atoms with Crippen LogP contribution in [0.15, 0.2) is 0 Å². The molecule has 4 nitrogen and oxygen atoms in total. The van der Waals surface area contributed by atoms with Crippen molar-refractivity contribution >= 4 is 0 Å². The van der Waals surface area contributed by atoms with Gasteiger partial charge in [0.05, 0.1) is 12.7 Å². The predicted octanol–water partition coefficient (Wildman–Crippen LogP) is 0.317. The Hall–Kier alpha value is -0.160. The van der Waals surface area contributed by atoms with E-state index in [2.05, 4.69) is 11.8 Å². The minimum Gasteiger partial charge on any atom is -0.384 e. The van der Waals surface area contributed by atoms with Crippen LogP contribution >= 0.6 is 0 Å². The van der Waals surface area contributed by atoms with Gasteiger partial charge < -0.3 is 15.2 Å². The topological polar surface area (TPSA) is 47.7 Å². The fraction of sp³-hybridized carbons (Fsp3) is 1.00. The van der Waals surface area contributed by atoms with E-state index < -0.39 is 0 Å². The minimum absolute atomic E-state index is 0.116. The maximum Gasteiger partial charge on any atom is 0.0850 e. The van der Waals surface area contributed by atoms with Crippen molar-refractivity contribution < 1.29 is 9.47 Å². The molecule has 2 N–H and O–H groups in total. The zero-order chi connectivity index (χ0) is 11.3. The Morgan fingerprint density at radius 1 is 1.53 bits per heavy atom. The fourth-order valence-corrected chi connectivity index (χ4v) is 1.99. The zero-order valence-corrected chi connectivity index (χ0v) is 10.1. The Bertz CT molecular complexity index is 176. The molecule has 90 valence electrons. The molecule has 0 bridgehead atoms. The van der Waals surface area contributed by atoms with Crippen molar-refractivity contribution in [3.63, 3.8) is 0 Å². The van der Waals surface area contributed by atoms with Crippen LogP contribution in [0.25, 0.3) is 0 Å². The van der Waals surface area contributed by atoms with E-state index in [1.807, 2.05) is 6.92 Å². The van der Waals surface area contributed by atoms with E-state index in [0.717, 1.165) is 32.8 Å². The molecule has 0 spiro atoms. The van der Waals surface area contributed by atoms with Crippen molar-refractivity contribution in [1.29, 1.82) is 0 Å². The summed E-state index contributed by atoms with van der Waals surface area (Å²) < 4.78 is 10.8. The fourth-order valence-electron chi connectivity index (χ4n) is 1.99. The highest BCUT2D eigenvalue weighted by atomic mass is 16.5. The number of hydrogen-bond acceptors (Lipinski definition) is 4. The van der Waals surface area contributed by atoms with E-state index in [-0.39, 0.29) is 12.1 Å². The molecule has 1 aliphatic heterocycles. The van der Waals surface area contributed by atoms with Crippen molar-refractivity contribution in [2.24, 2.45) is 11.7 Å². The van der Waals surface area contributed by atoms with Crippen LogP contribution in [0.4, 0.5) is 0 Å². The van der Waals surface area contributed by atoms with E-state index >= 15 is 0 Å². The van der Waals surface area contributed by atoms with Crippen molar-refractivity contribution in [1.82, 2.24) is 4.90 Å². The standard InChI is InChI=1S/C11H24N2O2/c1-9(8-14-3)6-13-4-5-15-11(7-13)10(2)12/h9-11H,4-8,12H2,1-3H3. The second-order valence-electron chi connectivity index (χ2n) is 4.59. The molecular weight excluding hydrogens is 192 g/mol. The summed E-state index contributed by atoms with van der Waals surface area (Å²) in [5.74, 6) is 0.571. The third kappa shape index (κ3) is 4.47. The number of rotatable bonds is 5. The first-order valence-corrected chi connectivity index (χ1v) is 5.72. The SMILES string of the molecule is COCC(C)CN1CCOC(C(C)N)C1. The van der Waals surface area contributed by atoms with Crippen molar-refractivity contribution in [3.8, 4) is 0 Å². The summed E-state index contributed by atoms with van der Waals surface area (Å²) in [7, 11) is 1.75. The molecule has 1 saturated heterocycles. The summed E-state index contributed by atoms with van der Waals surface area (Å²) in [6.45, 7) is 8.86. The number of morpholine rings is 1. The largest absolute Gasteiger partial charge is 0.384 e. The van der Waals surface area contributed by atoms with Gasteiger partial charge in [-0.05, 0) is 12.8 Å². The van der Waals surface area contributed by atoms with Crippen LogP contribution in [0, 0.1) is 5.92 Å². The predicted molar refractivity (Wildman–Crippen MR) is 60.9 cm³/mol. The highest BCUT2D eigenvalue weighted by molar-refractivity contribution is 4.78. The molecule has 4 heteroatoms. The molecule has 0 aromatic rings. The first-order valence-electron chi connectivity index (χ1n) is 5.72. The summed E-state index contributed by atoms with van der Waals surface area (Å²) in [4.78, 5) is 2.42. The lowest BCUT2D eigenvalue weighted by Gasteiger charge is -2.35. The van der Waals surface area contributed by atoms with Crippen molar-refractivity contribution in [3.05, 3.63) is 0 Å². The van der Waals surface area contributed by atoms with Gasteiger partial charge in [0.1, 0.15) is 0 Å². The smallest absolute Gasteiger partial charge is 0.0850 e. The van der Waals surface area contributed by atoms with Gasteiger partial charge in [-0.15, -0.1) is 0 Å². The second-order valence-corrected chi connectivity index (χ2v) is 4.59. The molecule has 0 amide bonds. The highest BCUT2D eigenvalue weighted by Gasteiger charge is 2.23. The van der Waals surface area contributed by atoms with Gasteiger partial charge in [-0.3, -0.25) is 4.90 Å². The lowest BCUT2D eigenvalue weighted by Crippen LogP contribution is -2.50. The van der Waals surface area contributed by atoms with Gasteiger partial charge >= 0.3 is 0 Å². The Kier molecular flexibility index (Phi) is 5.53. The van der Waals surface area contributed by atoms with E-state index in [1.165, 1.54) is 0 Å². The average Bonchev–Trinajstić information content (AvgIpc) is 2.18. The van der Waals surface area contributed by atoms with Crippen LogP contribution in [0.5, 0.6) is 0 Å². The van der Waals surface area contributed by atoms with Gasteiger partial charge in [-0.1, -0.05) is 6.92 Å². The lowest BCUT2D eigenvalue weighted by atomic mass is 10.1. The number of nitrogens with zero attached hydrogens (tertiary/aromatic N) is 1. The summed E-state index contributed by atoms with van der Waals surface area (Å²) in [5, 5.41) is 0. The summed E-state index contributed by atoms with van der Waals surface area (Å²) in [5.41, 5.74) is 5.84. The van der Waals surface area contributed by atoms with E-state index in [0.29, 0.717) is 5.92 Å². The molecule has 1 fully saturated rings. The molecule has 0 aromatic carbocycles. The normalized spacial score (nSPS) is 27.6. The van der Waals surface area contributed by atoms with Crippen LogP contribution in [-0.4, -0.2) is 57.0 Å². The van der Waals surface area contributed by atoms with Gasteiger partial charge in [0, 0.05) is 39.4 Å². The summed E-state index contributed by atoms with van der Waals surface area (Å²) in [6.07, 6.45) is 0.188. The minimum atomic E-state index is 0.116. The van der Waals surface area contributed by atoms with Crippen molar-refractivity contribution in [2.45, 2.75) is 26.0 Å². The molecule has 3 atom stereocenters. The number of methoxy groups -OCH3 is 1. The maximum absolute atomic E-state index is 5.84. The molecule has 0 saturated carbocycles. The molecule has 1 rings (SSSR count). The Morgan fingerprint density at radius 3 is 2.87 bits per heavy atom. The molecule has 0 radical (unpaired) electrons. The van der Waals surface area contributed by atoms with Crippen LogP contribution < -0.4 is 5.73 Å². The Labute approximate surface area is 92.7 Å². The average molecular weight is 216 g/mol. The van der Waals surface area contributed by atoms with E-state index in [9.17, 15) is 0 Å². The molecule has 1 aliphatic rings. The number of ether oxygens (including phenoxy) is 2. The molecule has 0 aliphatic carbocycles. The summed E-state index contributed by atoms with van der Waals surface area (Å²) in [6, 6.07) is 0.116. The van der Waals surface area contributed by atoms with Crippen LogP contribution in [0.3, 0.4) is 0 Å². The first-order chi connectivity index (χ1) is 7.13. The summed E-state index contributed by atoms with van der Waals surface area (Å²) >= 11 is 0. The van der Waals surface area contributed by atoms with Crippen LogP contribution in [0.1, 0.15) is 13.8 Å². The van der Waals surface area contributed by atoms with Gasteiger partial charge in [0.15, 0.2) is 0 Å². The number of hydrogen-bond donors (Lipinski definition) is 1. The molecular formula is C11H24N2O2. The Balaban J connectivity index is 2.29. The molecule has 15 heavy (non-hydrogen) atoms. The molecule has 1 heterocycles. The van der Waals surface area contributed by atoms with Crippen molar-refractivity contribution in [2.75, 3.05) is 40.0 Å². The quantitative estimate of drug-likeness (QED) is 0.719. The highest BCUT2D eigenvalue weighted by Crippen LogP contribution is 2.10. The monoisotopic (exact) mass is 216 g/mol. The first kappa shape index (κ1) is 12.9. The third-order valence-corrected chi connectivity index (χ3v) is 2.79. The number of nitrogens with two attached hydrogens (primary N) is 1. The molecule has 3 unspecified atom stereocenters. The second kappa shape index (κ2) is 6.43. The van der Waals surface area contributed by atoms with Crippen LogP contribution in [0.2, 0.25) is 0 Å². The lowest BCUT2D eigenvalue weighted by molar-refractivity contribution is -0.0437. The van der Waals surface area contributed by atoms with Gasteiger partial charge in [0.2, 0.25) is 0 Å². The maximum atomic E-state index is 5.84. The van der Waals surface area contributed by atoms with E-state index in [1.54, 1.807) is 7.11 Å². The van der Waals surface area contributed by atoms with Gasteiger partial charge in [-0.25, -0.2) is 0 Å². The van der Waals surface area contributed by atoms with Gasteiger partial charge in [-0.2, -0.15) is 0 Å². The van der Waals surface area contributed by atoms with E-state index in [4.69, 9.17) is 15.2 Å². The zero-order valence-electron chi connectivity index (χ0n) is 10.1. The van der Waals surface area contributed by atoms with Gasteiger partial charge in [0.25, 0.3) is 0 Å². The molecule has 0 aromatic heterocycles.